The predicted octanol–water partition coefficient (Wildman–Crippen LogP) is 2.44. The van der Waals surface area contributed by atoms with Gasteiger partial charge in [0.1, 0.15) is 5.82 Å². The van der Waals surface area contributed by atoms with Gasteiger partial charge in [-0.15, -0.1) is 24.0 Å². The van der Waals surface area contributed by atoms with E-state index in [1.165, 1.54) is 0 Å². The Labute approximate surface area is 142 Å². The topological polar surface area (TPSA) is 68.2 Å². The molecule has 1 heterocycles. The first-order valence-electron chi connectivity index (χ1n) is 6.68. The van der Waals surface area contributed by atoms with Crippen LogP contribution in [0.15, 0.2) is 41.4 Å². The summed E-state index contributed by atoms with van der Waals surface area (Å²) in [6.45, 7) is 9.81. The Hall–Kier alpha value is -1.57. The third-order valence-corrected chi connectivity index (χ3v) is 3.01. The third kappa shape index (κ3) is 4.73. The summed E-state index contributed by atoms with van der Waals surface area (Å²) in [6, 6.07) is 8.12. The summed E-state index contributed by atoms with van der Waals surface area (Å²) in [5.41, 5.74) is 8.94. The van der Waals surface area contributed by atoms with Crippen molar-refractivity contribution < 1.29 is 0 Å². The van der Waals surface area contributed by atoms with Gasteiger partial charge in [0, 0.05) is 13.1 Å². The lowest BCUT2D eigenvalue weighted by molar-refractivity contribution is 0.668. The van der Waals surface area contributed by atoms with Crippen LogP contribution in [0.2, 0.25) is 0 Å². The summed E-state index contributed by atoms with van der Waals surface area (Å²) in [5, 5.41) is 3.11. The first-order valence-corrected chi connectivity index (χ1v) is 6.68. The van der Waals surface area contributed by atoms with Crippen LogP contribution in [0.5, 0.6) is 0 Å². The van der Waals surface area contributed by atoms with Crippen molar-refractivity contribution in [2.75, 3.05) is 13.1 Å². The highest BCUT2D eigenvalue weighted by Gasteiger charge is 2.05. The minimum atomic E-state index is 0. The van der Waals surface area contributed by atoms with Gasteiger partial charge in [-0.05, 0) is 26.0 Å². The molecule has 114 valence electrons. The van der Waals surface area contributed by atoms with Crippen molar-refractivity contribution in [3.63, 3.8) is 0 Å². The number of nitrogens with one attached hydrogen (secondary N) is 1. The number of benzene rings is 1. The summed E-state index contributed by atoms with van der Waals surface area (Å²) < 4.78 is 2.17. The Morgan fingerprint density at radius 3 is 2.86 bits per heavy atom. The van der Waals surface area contributed by atoms with Crippen molar-refractivity contribution in [1.29, 1.82) is 0 Å². The average molecular weight is 399 g/mol. The summed E-state index contributed by atoms with van der Waals surface area (Å²) >= 11 is 0. The molecule has 21 heavy (non-hydrogen) atoms. The molecule has 0 bridgehead atoms. The highest BCUT2D eigenvalue weighted by Crippen LogP contribution is 2.14. The molecule has 3 N–H and O–H groups in total. The van der Waals surface area contributed by atoms with Crippen LogP contribution in [-0.2, 0) is 6.54 Å². The predicted molar refractivity (Wildman–Crippen MR) is 99.2 cm³/mol. The zero-order chi connectivity index (χ0) is 14.5. The number of hydrogen-bond donors (Lipinski definition) is 2. The Morgan fingerprint density at radius 2 is 2.14 bits per heavy atom. The van der Waals surface area contributed by atoms with Gasteiger partial charge in [0.15, 0.2) is 5.96 Å². The van der Waals surface area contributed by atoms with Gasteiger partial charge in [-0.1, -0.05) is 24.3 Å². The number of halogens is 1. The molecule has 6 heteroatoms. The number of fused-ring (bicyclic) bond motifs is 1. The third-order valence-electron chi connectivity index (χ3n) is 3.01. The molecule has 0 radical (unpaired) electrons. The molecule has 0 unspecified atom stereocenters. The number of hydrogen-bond acceptors (Lipinski definition) is 2. The van der Waals surface area contributed by atoms with Gasteiger partial charge in [-0.2, -0.15) is 0 Å². The number of nitrogens with two attached hydrogens (primary N) is 1. The number of guanidine groups is 1. The normalized spacial score (nSPS) is 11.2. The molecule has 2 aromatic rings. The molecular weight excluding hydrogens is 377 g/mol. The molecule has 1 aromatic carbocycles. The molecule has 0 saturated heterocycles. The maximum Gasteiger partial charge on any atom is 0.188 e. The number of aliphatic imine (C=N–C) groups is 1. The van der Waals surface area contributed by atoms with E-state index < -0.39 is 0 Å². The highest BCUT2D eigenvalue weighted by atomic mass is 127. The van der Waals surface area contributed by atoms with Crippen molar-refractivity contribution >= 4 is 41.0 Å². The van der Waals surface area contributed by atoms with E-state index >= 15 is 0 Å². The Balaban J connectivity index is 0.00000220. The van der Waals surface area contributed by atoms with Crippen molar-refractivity contribution in [3.05, 3.63) is 42.2 Å². The van der Waals surface area contributed by atoms with Crippen LogP contribution in [0.1, 0.15) is 12.7 Å². The fourth-order valence-corrected chi connectivity index (χ4v) is 2.05. The standard InChI is InChI=1S/C15H21N5.HI/c1-11(2)10-18-15(16)17-8-9-20-12(3)19-13-6-4-5-7-14(13)20;/h4-7H,1,8-10H2,2-3H3,(H3,16,17,18);1H. The van der Waals surface area contributed by atoms with Gasteiger partial charge in [-0.3, -0.25) is 0 Å². The van der Waals surface area contributed by atoms with Crippen LogP contribution in [0.4, 0.5) is 0 Å². The molecule has 0 fully saturated rings. The van der Waals surface area contributed by atoms with Gasteiger partial charge >= 0.3 is 0 Å². The largest absolute Gasteiger partial charge is 0.370 e. The number of aryl methyl sites for hydroxylation is 1. The van der Waals surface area contributed by atoms with Crippen LogP contribution in [0.3, 0.4) is 0 Å². The second-order valence-corrected chi connectivity index (χ2v) is 4.88. The molecule has 0 amide bonds. The van der Waals surface area contributed by atoms with E-state index in [9.17, 15) is 0 Å². The number of rotatable bonds is 5. The molecule has 1 aromatic heterocycles. The van der Waals surface area contributed by atoms with Crippen molar-refractivity contribution in [2.45, 2.75) is 20.4 Å². The van der Waals surface area contributed by atoms with Gasteiger partial charge in [0.2, 0.25) is 0 Å². The second-order valence-electron chi connectivity index (χ2n) is 4.88. The summed E-state index contributed by atoms with van der Waals surface area (Å²) in [7, 11) is 0. The minimum absolute atomic E-state index is 0. The maximum atomic E-state index is 5.79. The maximum absolute atomic E-state index is 5.79. The first-order chi connectivity index (χ1) is 9.58. The molecule has 0 spiro atoms. The Morgan fingerprint density at radius 1 is 1.43 bits per heavy atom. The van der Waals surface area contributed by atoms with Gasteiger partial charge in [-0.25, -0.2) is 9.98 Å². The highest BCUT2D eigenvalue weighted by molar-refractivity contribution is 14.0. The van der Waals surface area contributed by atoms with E-state index in [4.69, 9.17) is 5.73 Å². The van der Waals surface area contributed by atoms with Crippen LogP contribution >= 0.6 is 24.0 Å². The lowest BCUT2D eigenvalue weighted by Crippen LogP contribution is -2.34. The van der Waals surface area contributed by atoms with Gasteiger partial charge in [0.05, 0.1) is 17.6 Å². The van der Waals surface area contributed by atoms with Crippen LogP contribution in [-0.4, -0.2) is 28.6 Å². The molecule has 5 nitrogen and oxygen atoms in total. The monoisotopic (exact) mass is 399 g/mol. The lowest BCUT2D eigenvalue weighted by atomic mass is 10.3. The molecule has 0 saturated carbocycles. The smallest absolute Gasteiger partial charge is 0.188 e. The van der Waals surface area contributed by atoms with Crippen LogP contribution in [0, 0.1) is 6.92 Å². The van der Waals surface area contributed by atoms with Gasteiger partial charge in [0.25, 0.3) is 0 Å². The van der Waals surface area contributed by atoms with E-state index in [1.54, 1.807) is 0 Å². The quantitative estimate of drug-likeness (QED) is 0.351. The fraction of sp³-hybridized carbons (Fsp3) is 0.333. The van der Waals surface area contributed by atoms with E-state index in [2.05, 4.69) is 32.5 Å². The van der Waals surface area contributed by atoms with Crippen LogP contribution in [0.25, 0.3) is 11.0 Å². The Bertz CT molecular complexity index is 645. The van der Waals surface area contributed by atoms with Crippen molar-refractivity contribution in [3.8, 4) is 0 Å². The van der Waals surface area contributed by atoms with E-state index in [-0.39, 0.29) is 24.0 Å². The lowest BCUT2D eigenvalue weighted by Gasteiger charge is -2.09. The fourth-order valence-electron chi connectivity index (χ4n) is 2.05. The zero-order valence-electron chi connectivity index (χ0n) is 12.5. The van der Waals surface area contributed by atoms with Gasteiger partial charge < -0.3 is 15.6 Å². The van der Waals surface area contributed by atoms with E-state index in [0.717, 1.165) is 29.0 Å². The molecule has 0 aliphatic carbocycles. The summed E-state index contributed by atoms with van der Waals surface area (Å²) in [4.78, 5) is 8.72. The molecule has 0 aliphatic rings. The number of aromatic nitrogens is 2. The summed E-state index contributed by atoms with van der Waals surface area (Å²) in [5.74, 6) is 1.46. The van der Waals surface area contributed by atoms with Crippen LogP contribution < -0.4 is 11.1 Å². The van der Waals surface area contributed by atoms with Crippen molar-refractivity contribution in [2.24, 2.45) is 10.7 Å². The number of imidazole rings is 1. The average Bonchev–Trinajstić information content (AvgIpc) is 2.73. The zero-order valence-corrected chi connectivity index (χ0v) is 14.8. The molecule has 2 rings (SSSR count). The van der Waals surface area contributed by atoms with E-state index in [0.29, 0.717) is 19.0 Å². The summed E-state index contributed by atoms with van der Waals surface area (Å²) in [6.07, 6.45) is 0. The number of para-hydroxylation sites is 2. The first kappa shape index (κ1) is 17.5. The second kappa shape index (κ2) is 8.02. The molecular formula is C15H22IN5. The SMILES string of the molecule is C=C(C)CN=C(N)NCCn1c(C)nc2ccccc21.I. The Kier molecular flexibility index (Phi) is 6.67. The molecule has 0 aliphatic heterocycles. The number of nitrogens with zero attached hydrogens (tertiary/aromatic N) is 3. The van der Waals surface area contributed by atoms with Crippen molar-refractivity contribution in [1.82, 2.24) is 14.9 Å². The minimum Gasteiger partial charge on any atom is -0.370 e. The molecule has 0 atom stereocenters. The van der Waals surface area contributed by atoms with E-state index in [1.807, 2.05) is 32.0 Å².